The highest BCUT2D eigenvalue weighted by Gasteiger charge is 2.23. The quantitative estimate of drug-likeness (QED) is 0.418. The zero-order valence-corrected chi connectivity index (χ0v) is 19.9. The molecule has 0 bridgehead atoms. The molecule has 0 aliphatic heterocycles. The molecule has 2 aromatic rings. The van der Waals surface area contributed by atoms with Gasteiger partial charge in [-0.1, -0.05) is 13.3 Å². The first-order valence-corrected chi connectivity index (χ1v) is 11.4. The van der Waals surface area contributed by atoms with Crippen LogP contribution in [0.2, 0.25) is 0 Å². The van der Waals surface area contributed by atoms with Crippen molar-refractivity contribution in [3.05, 3.63) is 53.9 Å². The van der Waals surface area contributed by atoms with Crippen molar-refractivity contribution in [1.82, 2.24) is 14.4 Å². The Morgan fingerprint density at radius 1 is 1.00 bits per heavy atom. The van der Waals surface area contributed by atoms with Gasteiger partial charge in [-0.3, -0.25) is 9.59 Å². The average molecular weight is 444 g/mol. The first-order chi connectivity index (χ1) is 15.5. The molecule has 0 radical (unpaired) electrons. The Kier molecular flexibility index (Phi) is 10.8. The molecule has 2 amide bonds. The minimum Gasteiger partial charge on any atom is -0.497 e. The number of benzene rings is 1. The average Bonchev–Trinajstić information content (AvgIpc) is 3.22. The summed E-state index contributed by atoms with van der Waals surface area (Å²) in [5.41, 5.74) is 1.61. The van der Waals surface area contributed by atoms with Crippen LogP contribution in [0.15, 0.2) is 42.6 Å². The van der Waals surface area contributed by atoms with Crippen molar-refractivity contribution in [2.75, 3.05) is 40.0 Å². The van der Waals surface area contributed by atoms with Gasteiger partial charge in [-0.25, -0.2) is 0 Å². The molecule has 1 aromatic heterocycles. The zero-order valence-electron chi connectivity index (χ0n) is 19.9. The fourth-order valence-electron chi connectivity index (χ4n) is 3.43. The molecule has 7 nitrogen and oxygen atoms in total. The summed E-state index contributed by atoms with van der Waals surface area (Å²) in [6.45, 7) is 6.95. The molecule has 0 aliphatic rings. The van der Waals surface area contributed by atoms with E-state index in [0.29, 0.717) is 50.6 Å². The fourth-order valence-corrected chi connectivity index (χ4v) is 3.43. The highest BCUT2D eigenvalue weighted by Crippen LogP contribution is 2.14. The summed E-state index contributed by atoms with van der Waals surface area (Å²) >= 11 is 0. The molecular formula is C25H37N3O4. The largest absolute Gasteiger partial charge is 0.497 e. The Morgan fingerprint density at radius 3 is 2.31 bits per heavy atom. The van der Waals surface area contributed by atoms with Crippen LogP contribution in [0, 0.1) is 0 Å². The first kappa shape index (κ1) is 25.5. The number of hydrogen-bond acceptors (Lipinski definition) is 4. The van der Waals surface area contributed by atoms with Crippen LogP contribution in [0.4, 0.5) is 0 Å². The van der Waals surface area contributed by atoms with Crippen LogP contribution in [0.1, 0.15) is 49.2 Å². The van der Waals surface area contributed by atoms with Crippen molar-refractivity contribution in [2.45, 2.75) is 39.7 Å². The van der Waals surface area contributed by atoms with Crippen molar-refractivity contribution in [1.29, 1.82) is 0 Å². The SMILES string of the molecule is CCCCN(Cc1cccn1C)C(=O)CN(CCCOCC)C(=O)c1ccc(OC)cc1. The molecule has 0 N–H and O–H groups in total. The summed E-state index contributed by atoms with van der Waals surface area (Å²) in [6.07, 6.45) is 4.58. The van der Waals surface area contributed by atoms with E-state index in [-0.39, 0.29) is 18.4 Å². The number of amides is 2. The van der Waals surface area contributed by atoms with Crippen molar-refractivity contribution in [3.63, 3.8) is 0 Å². The van der Waals surface area contributed by atoms with E-state index in [2.05, 4.69) is 6.92 Å². The number of unbranched alkanes of at least 4 members (excludes halogenated alkanes) is 1. The molecule has 0 unspecified atom stereocenters. The summed E-state index contributed by atoms with van der Waals surface area (Å²) in [4.78, 5) is 30.0. The van der Waals surface area contributed by atoms with Gasteiger partial charge in [0.1, 0.15) is 12.3 Å². The second-order valence-electron chi connectivity index (χ2n) is 7.78. The van der Waals surface area contributed by atoms with Gasteiger partial charge in [0.05, 0.1) is 13.7 Å². The molecule has 0 saturated carbocycles. The van der Waals surface area contributed by atoms with Gasteiger partial charge in [0.15, 0.2) is 0 Å². The van der Waals surface area contributed by atoms with Crippen molar-refractivity contribution >= 4 is 11.8 Å². The summed E-state index contributed by atoms with van der Waals surface area (Å²) in [5.74, 6) is 0.485. The number of carbonyl (C=O) groups is 2. The maximum atomic E-state index is 13.3. The Morgan fingerprint density at radius 2 is 1.72 bits per heavy atom. The van der Waals surface area contributed by atoms with E-state index in [0.717, 1.165) is 18.5 Å². The van der Waals surface area contributed by atoms with Gasteiger partial charge in [0, 0.05) is 50.8 Å². The van der Waals surface area contributed by atoms with E-state index in [9.17, 15) is 9.59 Å². The maximum absolute atomic E-state index is 13.3. The van der Waals surface area contributed by atoms with Crippen LogP contribution in [-0.4, -0.2) is 66.1 Å². The fraction of sp³-hybridized carbons (Fsp3) is 0.520. The normalized spacial score (nSPS) is 10.8. The molecule has 0 spiro atoms. The maximum Gasteiger partial charge on any atom is 0.254 e. The van der Waals surface area contributed by atoms with Crippen LogP contribution < -0.4 is 4.74 Å². The lowest BCUT2D eigenvalue weighted by atomic mass is 10.1. The predicted molar refractivity (Wildman–Crippen MR) is 126 cm³/mol. The number of rotatable bonds is 14. The van der Waals surface area contributed by atoms with Gasteiger partial charge in [-0.05, 0) is 56.2 Å². The number of aromatic nitrogens is 1. The number of hydrogen-bond donors (Lipinski definition) is 0. The van der Waals surface area contributed by atoms with Crippen molar-refractivity contribution < 1.29 is 19.1 Å². The van der Waals surface area contributed by atoms with E-state index >= 15 is 0 Å². The standard InChI is InChI=1S/C25H37N3O4/c1-5-7-16-27(19-22-10-8-15-26(22)3)24(29)20-28(17-9-18-32-6-2)25(30)21-11-13-23(31-4)14-12-21/h8,10-15H,5-7,9,16-20H2,1-4H3. The summed E-state index contributed by atoms with van der Waals surface area (Å²) in [6, 6.07) is 11.0. The second kappa shape index (κ2) is 13.6. The van der Waals surface area contributed by atoms with E-state index in [4.69, 9.17) is 9.47 Å². The van der Waals surface area contributed by atoms with E-state index in [1.807, 2.05) is 41.8 Å². The molecular weight excluding hydrogens is 406 g/mol. The summed E-state index contributed by atoms with van der Waals surface area (Å²) in [5, 5.41) is 0. The number of methoxy groups -OCH3 is 1. The number of carbonyl (C=O) groups excluding carboxylic acids is 2. The minimum atomic E-state index is -0.160. The third kappa shape index (κ3) is 7.71. The molecule has 2 rings (SSSR count). The Hall–Kier alpha value is -2.80. The first-order valence-electron chi connectivity index (χ1n) is 11.4. The Bertz CT molecular complexity index is 832. The molecule has 1 aromatic carbocycles. The van der Waals surface area contributed by atoms with Gasteiger partial charge in [-0.15, -0.1) is 0 Å². The number of aryl methyl sites for hydroxylation is 1. The summed E-state index contributed by atoms with van der Waals surface area (Å²) < 4.78 is 12.6. The molecule has 7 heteroatoms. The second-order valence-corrected chi connectivity index (χ2v) is 7.78. The van der Waals surface area contributed by atoms with Crippen molar-refractivity contribution in [3.8, 4) is 5.75 Å². The monoisotopic (exact) mass is 443 g/mol. The van der Waals surface area contributed by atoms with Gasteiger partial charge in [0.2, 0.25) is 5.91 Å². The van der Waals surface area contributed by atoms with Crippen LogP contribution in [-0.2, 0) is 23.1 Å². The lowest BCUT2D eigenvalue weighted by molar-refractivity contribution is -0.132. The van der Waals surface area contributed by atoms with Crippen LogP contribution in [0.5, 0.6) is 5.75 Å². The van der Waals surface area contributed by atoms with E-state index in [1.54, 1.807) is 36.3 Å². The van der Waals surface area contributed by atoms with Gasteiger partial charge < -0.3 is 23.8 Å². The van der Waals surface area contributed by atoms with Crippen LogP contribution >= 0.6 is 0 Å². The molecule has 0 atom stereocenters. The zero-order chi connectivity index (χ0) is 23.3. The Labute approximate surface area is 191 Å². The molecule has 32 heavy (non-hydrogen) atoms. The predicted octanol–water partition coefficient (Wildman–Crippen LogP) is 3.73. The minimum absolute atomic E-state index is 0.0436. The highest BCUT2D eigenvalue weighted by molar-refractivity contribution is 5.96. The lowest BCUT2D eigenvalue weighted by Gasteiger charge is -2.28. The number of ether oxygens (including phenoxy) is 2. The molecule has 0 saturated heterocycles. The van der Waals surface area contributed by atoms with Gasteiger partial charge in [-0.2, -0.15) is 0 Å². The lowest BCUT2D eigenvalue weighted by Crippen LogP contribution is -2.43. The van der Waals surface area contributed by atoms with E-state index < -0.39 is 0 Å². The third-order valence-corrected chi connectivity index (χ3v) is 5.41. The highest BCUT2D eigenvalue weighted by atomic mass is 16.5. The Balaban J connectivity index is 2.15. The molecule has 1 heterocycles. The van der Waals surface area contributed by atoms with E-state index in [1.165, 1.54) is 0 Å². The van der Waals surface area contributed by atoms with Crippen LogP contribution in [0.3, 0.4) is 0 Å². The van der Waals surface area contributed by atoms with Gasteiger partial charge in [0.25, 0.3) is 5.91 Å². The topological polar surface area (TPSA) is 64.0 Å². The van der Waals surface area contributed by atoms with Crippen molar-refractivity contribution in [2.24, 2.45) is 7.05 Å². The molecule has 0 aliphatic carbocycles. The summed E-state index contributed by atoms with van der Waals surface area (Å²) in [7, 11) is 3.57. The van der Waals surface area contributed by atoms with Crippen LogP contribution in [0.25, 0.3) is 0 Å². The molecule has 176 valence electrons. The van der Waals surface area contributed by atoms with Gasteiger partial charge >= 0.3 is 0 Å². The molecule has 0 fully saturated rings. The number of nitrogens with zero attached hydrogens (tertiary/aromatic N) is 3. The smallest absolute Gasteiger partial charge is 0.254 e. The third-order valence-electron chi connectivity index (χ3n) is 5.41.